The molecule has 1 atom stereocenters. The number of carbonyl (C=O) groups excluding carboxylic acids is 1. The number of aryl methyl sites for hydroxylation is 1. The van der Waals surface area contributed by atoms with E-state index >= 15 is 0 Å². The van der Waals surface area contributed by atoms with Crippen molar-refractivity contribution in [1.82, 2.24) is 0 Å². The van der Waals surface area contributed by atoms with Crippen molar-refractivity contribution in [3.63, 3.8) is 0 Å². The van der Waals surface area contributed by atoms with Crippen LogP contribution >= 0.6 is 0 Å². The maximum atomic E-state index is 11.4. The summed E-state index contributed by atoms with van der Waals surface area (Å²) < 4.78 is 5.28. The van der Waals surface area contributed by atoms with Gasteiger partial charge in [-0.25, -0.2) is 0 Å². The van der Waals surface area contributed by atoms with E-state index < -0.39 is 0 Å². The Labute approximate surface area is 137 Å². The van der Waals surface area contributed by atoms with Crippen molar-refractivity contribution in [1.29, 1.82) is 0 Å². The zero-order chi connectivity index (χ0) is 16.7. The van der Waals surface area contributed by atoms with E-state index in [0.717, 1.165) is 24.0 Å². The molecule has 0 bridgehead atoms. The van der Waals surface area contributed by atoms with Gasteiger partial charge in [0.25, 0.3) is 0 Å². The van der Waals surface area contributed by atoms with Crippen LogP contribution in [0.25, 0.3) is 11.1 Å². The number of benzene rings is 2. The topological polar surface area (TPSA) is 46.5 Å². The lowest BCUT2D eigenvalue weighted by Gasteiger charge is -2.12. The largest absolute Gasteiger partial charge is 0.508 e. The smallest absolute Gasteiger partial charge is 0.309 e. The van der Waals surface area contributed by atoms with Gasteiger partial charge in [0.2, 0.25) is 0 Å². The molecular formula is C20H22O3. The third-order valence-corrected chi connectivity index (χ3v) is 3.64. The van der Waals surface area contributed by atoms with Crippen LogP contribution < -0.4 is 0 Å². The lowest BCUT2D eigenvalue weighted by atomic mass is 10.0. The minimum atomic E-state index is -0.227. The number of aromatic hydroxyl groups is 1. The van der Waals surface area contributed by atoms with Crippen LogP contribution in [0.1, 0.15) is 25.3 Å². The Bertz CT molecular complexity index is 642. The molecule has 2 aromatic carbocycles. The summed E-state index contributed by atoms with van der Waals surface area (Å²) in [5.41, 5.74) is 3.39. The summed E-state index contributed by atoms with van der Waals surface area (Å²) in [5, 5.41) is 9.32. The summed E-state index contributed by atoms with van der Waals surface area (Å²) in [6.45, 7) is 5.43. The van der Waals surface area contributed by atoms with Gasteiger partial charge in [0, 0.05) is 0 Å². The number of carbonyl (C=O) groups is 1. The van der Waals surface area contributed by atoms with Crippen molar-refractivity contribution in [2.24, 2.45) is 0 Å². The second-order valence-corrected chi connectivity index (χ2v) is 5.58. The minimum Gasteiger partial charge on any atom is -0.508 e. The maximum absolute atomic E-state index is 11.4. The van der Waals surface area contributed by atoms with Crippen LogP contribution in [0.4, 0.5) is 0 Å². The Morgan fingerprint density at radius 3 is 2.26 bits per heavy atom. The number of hydrogen-bond donors (Lipinski definition) is 1. The fourth-order valence-electron chi connectivity index (χ4n) is 2.34. The van der Waals surface area contributed by atoms with Gasteiger partial charge in [-0.15, -0.1) is 6.58 Å². The van der Waals surface area contributed by atoms with E-state index in [1.807, 2.05) is 19.1 Å². The molecule has 23 heavy (non-hydrogen) atoms. The Hall–Kier alpha value is -2.55. The zero-order valence-corrected chi connectivity index (χ0v) is 13.4. The van der Waals surface area contributed by atoms with Gasteiger partial charge in [-0.05, 0) is 48.6 Å². The summed E-state index contributed by atoms with van der Waals surface area (Å²) in [4.78, 5) is 11.4. The summed E-state index contributed by atoms with van der Waals surface area (Å²) in [6, 6.07) is 15.5. The van der Waals surface area contributed by atoms with Crippen molar-refractivity contribution >= 4 is 5.97 Å². The molecule has 0 spiro atoms. The summed E-state index contributed by atoms with van der Waals surface area (Å²) in [7, 11) is 0. The quantitative estimate of drug-likeness (QED) is 0.605. The molecule has 0 fully saturated rings. The molecule has 3 heteroatoms. The van der Waals surface area contributed by atoms with E-state index in [9.17, 15) is 9.90 Å². The number of ether oxygens (including phenoxy) is 1. The number of hydrogen-bond acceptors (Lipinski definition) is 3. The second kappa shape index (κ2) is 8.18. The van der Waals surface area contributed by atoms with E-state index in [0.29, 0.717) is 0 Å². The van der Waals surface area contributed by atoms with Crippen LogP contribution in [-0.4, -0.2) is 17.2 Å². The molecule has 0 radical (unpaired) electrons. The first kappa shape index (κ1) is 16.8. The predicted molar refractivity (Wildman–Crippen MR) is 92.2 cm³/mol. The van der Waals surface area contributed by atoms with Crippen molar-refractivity contribution in [3.05, 3.63) is 66.7 Å². The zero-order valence-electron chi connectivity index (χ0n) is 13.4. The highest BCUT2D eigenvalue weighted by Crippen LogP contribution is 2.22. The van der Waals surface area contributed by atoms with E-state index in [-0.39, 0.29) is 24.2 Å². The highest BCUT2D eigenvalue weighted by atomic mass is 16.5. The molecule has 0 saturated carbocycles. The van der Waals surface area contributed by atoms with Crippen molar-refractivity contribution in [3.8, 4) is 16.9 Å². The molecular weight excluding hydrogens is 288 g/mol. The average molecular weight is 310 g/mol. The van der Waals surface area contributed by atoms with E-state index in [4.69, 9.17) is 4.74 Å². The van der Waals surface area contributed by atoms with Gasteiger partial charge in [0.05, 0.1) is 12.5 Å². The lowest BCUT2D eigenvalue weighted by Crippen LogP contribution is -2.14. The van der Waals surface area contributed by atoms with Gasteiger partial charge in [-0.2, -0.15) is 0 Å². The highest BCUT2D eigenvalue weighted by Gasteiger charge is 2.08. The maximum Gasteiger partial charge on any atom is 0.309 e. The third-order valence-electron chi connectivity index (χ3n) is 3.64. The molecule has 120 valence electrons. The minimum absolute atomic E-state index is 0.0979. The molecule has 0 aromatic heterocycles. The summed E-state index contributed by atoms with van der Waals surface area (Å²) in [6.07, 6.45) is 3.36. The fourth-order valence-corrected chi connectivity index (χ4v) is 2.34. The average Bonchev–Trinajstić information content (AvgIpc) is 2.54. The monoisotopic (exact) mass is 310 g/mol. The molecule has 0 amide bonds. The molecule has 0 saturated heterocycles. The van der Waals surface area contributed by atoms with Gasteiger partial charge >= 0.3 is 5.97 Å². The SMILES string of the molecule is C=CCC(=O)OC(C)CCc1ccc(-c2ccc(O)cc2)cc1. The Morgan fingerprint density at radius 1 is 1.13 bits per heavy atom. The first-order valence-electron chi connectivity index (χ1n) is 7.77. The Kier molecular flexibility index (Phi) is 5.98. The van der Waals surface area contributed by atoms with Crippen LogP contribution in [0.5, 0.6) is 5.75 Å². The van der Waals surface area contributed by atoms with Crippen LogP contribution in [0.2, 0.25) is 0 Å². The molecule has 0 aliphatic heterocycles. The van der Waals surface area contributed by atoms with Crippen LogP contribution in [0, 0.1) is 0 Å². The number of rotatable bonds is 7. The lowest BCUT2D eigenvalue weighted by molar-refractivity contribution is -0.147. The van der Waals surface area contributed by atoms with Crippen molar-refractivity contribution < 1.29 is 14.6 Å². The van der Waals surface area contributed by atoms with Gasteiger partial charge < -0.3 is 9.84 Å². The molecule has 3 nitrogen and oxygen atoms in total. The van der Waals surface area contributed by atoms with Gasteiger partial charge in [-0.1, -0.05) is 42.5 Å². The molecule has 0 aliphatic rings. The van der Waals surface area contributed by atoms with Crippen LogP contribution in [-0.2, 0) is 16.0 Å². The van der Waals surface area contributed by atoms with Crippen LogP contribution in [0.15, 0.2) is 61.2 Å². The second-order valence-electron chi connectivity index (χ2n) is 5.58. The predicted octanol–water partition coefficient (Wildman–Crippen LogP) is 4.50. The molecule has 0 aliphatic carbocycles. The molecule has 2 aromatic rings. The Morgan fingerprint density at radius 2 is 1.70 bits per heavy atom. The Balaban J connectivity index is 1.89. The fraction of sp³-hybridized carbons (Fsp3) is 0.250. The third kappa shape index (κ3) is 5.29. The van der Waals surface area contributed by atoms with E-state index in [2.05, 4.69) is 30.8 Å². The molecule has 1 N–H and O–H groups in total. The van der Waals surface area contributed by atoms with E-state index in [1.165, 1.54) is 5.56 Å². The van der Waals surface area contributed by atoms with Gasteiger partial charge in [0.1, 0.15) is 5.75 Å². The van der Waals surface area contributed by atoms with E-state index in [1.54, 1.807) is 18.2 Å². The number of esters is 1. The standard InChI is InChI=1S/C20H22O3/c1-3-4-20(22)23-15(2)5-6-16-7-9-17(10-8-16)18-11-13-19(21)14-12-18/h3,7-15,21H,1,4-6H2,2H3. The number of phenolic OH excluding ortho intramolecular Hbond substituents is 1. The summed E-state index contributed by atoms with van der Waals surface area (Å²) >= 11 is 0. The normalized spacial score (nSPS) is 11.7. The van der Waals surface area contributed by atoms with Crippen LogP contribution in [0.3, 0.4) is 0 Å². The summed E-state index contributed by atoms with van der Waals surface area (Å²) in [5.74, 6) is 0.0422. The van der Waals surface area contributed by atoms with Crippen molar-refractivity contribution in [2.75, 3.05) is 0 Å². The number of phenols is 1. The highest BCUT2D eigenvalue weighted by molar-refractivity contribution is 5.71. The van der Waals surface area contributed by atoms with Gasteiger partial charge in [-0.3, -0.25) is 4.79 Å². The first-order valence-corrected chi connectivity index (χ1v) is 7.77. The molecule has 0 heterocycles. The first-order chi connectivity index (χ1) is 11.1. The molecule has 1 unspecified atom stereocenters. The van der Waals surface area contributed by atoms with Crippen molar-refractivity contribution in [2.45, 2.75) is 32.3 Å². The van der Waals surface area contributed by atoms with Gasteiger partial charge in [0.15, 0.2) is 0 Å². The molecule has 2 rings (SSSR count).